The molecule has 0 aromatic carbocycles. The van der Waals surface area contributed by atoms with Crippen LogP contribution in [0, 0.1) is 0 Å². The van der Waals surface area contributed by atoms with Gasteiger partial charge in [0.2, 0.25) is 0 Å². The Morgan fingerprint density at radius 1 is 1.50 bits per heavy atom. The molecule has 1 aliphatic rings. The largest absolute Gasteiger partial charge is 0.467 e. The number of aliphatic hydroxyl groups excluding tert-OH is 4. The summed E-state index contributed by atoms with van der Waals surface area (Å²) in [6, 6.07) is 0. The van der Waals surface area contributed by atoms with E-state index in [1.165, 1.54) is 0 Å². The van der Waals surface area contributed by atoms with E-state index >= 15 is 0 Å². The minimum absolute atomic E-state index is 0.759. The van der Waals surface area contributed by atoms with Crippen LogP contribution in [0.25, 0.3) is 10.4 Å². The van der Waals surface area contributed by atoms with E-state index in [9.17, 15) is 20.1 Å². The highest BCUT2D eigenvalue weighted by molar-refractivity contribution is 5.80. The second-order valence-electron chi connectivity index (χ2n) is 3.64. The number of azide groups is 1. The molecule has 1 rings (SSSR count). The number of aliphatic hydroxyl groups is 4. The van der Waals surface area contributed by atoms with Crippen molar-refractivity contribution in [2.24, 2.45) is 5.11 Å². The van der Waals surface area contributed by atoms with Crippen molar-refractivity contribution in [2.75, 3.05) is 13.7 Å². The van der Waals surface area contributed by atoms with Gasteiger partial charge in [-0.15, -0.1) is 0 Å². The van der Waals surface area contributed by atoms with Crippen molar-refractivity contribution in [1.82, 2.24) is 0 Å². The van der Waals surface area contributed by atoms with E-state index in [0.717, 1.165) is 7.11 Å². The first kappa shape index (κ1) is 14.6. The molecule has 10 nitrogen and oxygen atoms in total. The third-order valence-corrected chi connectivity index (χ3v) is 2.64. The second kappa shape index (κ2) is 5.48. The number of esters is 1. The van der Waals surface area contributed by atoms with Crippen LogP contribution in [0.3, 0.4) is 0 Å². The van der Waals surface area contributed by atoms with Crippen LogP contribution in [0.1, 0.15) is 0 Å². The average molecular weight is 263 g/mol. The van der Waals surface area contributed by atoms with Gasteiger partial charge in [0.15, 0.2) is 0 Å². The Labute approximate surface area is 101 Å². The highest BCUT2D eigenvalue weighted by atomic mass is 16.6. The van der Waals surface area contributed by atoms with Crippen LogP contribution < -0.4 is 0 Å². The van der Waals surface area contributed by atoms with Gasteiger partial charge in [-0.2, -0.15) is 0 Å². The lowest BCUT2D eigenvalue weighted by Crippen LogP contribution is -2.67. The average Bonchev–Trinajstić information content (AvgIpc) is 2.38. The van der Waals surface area contributed by atoms with E-state index < -0.39 is 42.7 Å². The van der Waals surface area contributed by atoms with Gasteiger partial charge >= 0.3 is 5.97 Å². The Balaban J connectivity index is 3.23. The standard InChI is InChI=1S/C8H13N3O7/c1-17-7(16)8(10-11-9)6(15)5(14)4(13)3(2-12)18-8/h3-6,12-15H,2H2,1H3/t3-,4-,5+,6-,8+/m1/s1. The lowest BCUT2D eigenvalue weighted by atomic mass is 9.91. The SMILES string of the molecule is COC(=O)[C@@]1(N=[N+]=[N-])O[C@H](CO)[C@@H](O)[C@H](O)[C@H]1O. The number of carbonyl (C=O) groups excluding carboxylic acids is 1. The molecule has 1 fully saturated rings. The molecule has 1 saturated heterocycles. The fourth-order valence-electron chi connectivity index (χ4n) is 1.66. The number of nitrogens with zero attached hydrogens (tertiary/aromatic N) is 3. The van der Waals surface area contributed by atoms with Gasteiger partial charge in [-0.05, 0) is 10.6 Å². The Morgan fingerprint density at radius 3 is 2.56 bits per heavy atom. The number of rotatable bonds is 3. The smallest absolute Gasteiger partial charge is 0.347 e. The van der Waals surface area contributed by atoms with Crippen molar-refractivity contribution in [2.45, 2.75) is 30.1 Å². The van der Waals surface area contributed by atoms with Gasteiger partial charge in [0.25, 0.3) is 5.72 Å². The molecule has 18 heavy (non-hydrogen) atoms. The first-order valence-corrected chi connectivity index (χ1v) is 4.92. The zero-order valence-electron chi connectivity index (χ0n) is 9.37. The van der Waals surface area contributed by atoms with Crippen LogP contribution in [-0.4, -0.2) is 70.3 Å². The van der Waals surface area contributed by atoms with Gasteiger partial charge in [0, 0.05) is 4.91 Å². The molecule has 0 aromatic rings. The van der Waals surface area contributed by atoms with Gasteiger partial charge in [0.1, 0.15) is 24.4 Å². The van der Waals surface area contributed by atoms with Crippen molar-refractivity contribution in [3.63, 3.8) is 0 Å². The van der Waals surface area contributed by atoms with Gasteiger partial charge < -0.3 is 29.9 Å². The zero-order valence-corrected chi connectivity index (χ0v) is 9.37. The maximum atomic E-state index is 11.6. The maximum Gasteiger partial charge on any atom is 0.347 e. The fourth-order valence-corrected chi connectivity index (χ4v) is 1.66. The molecule has 0 amide bonds. The van der Waals surface area contributed by atoms with Crippen molar-refractivity contribution < 1.29 is 34.7 Å². The molecule has 102 valence electrons. The molecular formula is C8H13N3O7. The second-order valence-corrected chi connectivity index (χ2v) is 3.64. The summed E-state index contributed by atoms with van der Waals surface area (Å²) in [6.07, 6.45) is -6.93. The zero-order chi connectivity index (χ0) is 13.9. The summed E-state index contributed by atoms with van der Waals surface area (Å²) in [5, 5.41) is 40.7. The Kier molecular flexibility index (Phi) is 4.46. The Hall–Kier alpha value is -1.42. The predicted octanol–water partition coefficient (Wildman–Crippen LogP) is -2.36. The summed E-state index contributed by atoms with van der Waals surface area (Å²) in [5.74, 6) is -1.25. The number of hydrogen-bond donors (Lipinski definition) is 4. The monoisotopic (exact) mass is 263 g/mol. The van der Waals surface area contributed by atoms with Gasteiger partial charge in [-0.25, -0.2) is 4.79 Å². The summed E-state index contributed by atoms with van der Waals surface area (Å²) in [5.41, 5.74) is 5.86. The topological polar surface area (TPSA) is 165 Å². The minimum atomic E-state index is -2.55. The molecule has 0 spiro atoms. The molecule has 0 bridgehead atoms. The number of hydrogen-bond acceptors (Lipinski definition) is 8. The Bertz CT molecular complexity index is 370. The summed E-state index contributed by atoms with van der Waals surface area (Å²) in [6.45, 7) is -0.759. The third kappa shape index (κ3) is 2.12. The highest BCUT2D eigenvalue weighted by Gasteiger charge is 2.58. The maximum absolute atomic E-state index is 11.6. The molecule has 1 heterocycles. The van der Waals surface area contributed by atoms with Crippen molar-refractivity contribution in [3.05, 3.63) is 10.4 Å². The molecular weight excluding hydrogens is 250 g/mol. The quantitative estimate of drug-likeness (QED) is 0.191. The minimum Gasteiger partial charge on any atom is -0.467 e. The first-order chi connectivity index (χ1) is 8.44. The van der Waals surface area contributed by atoms with E-state index in [-0.39, 0.29) is 0 Å². The number of ether oxygens (including phenoxy) is 2. The molecule has 10 heteroatoms. The van der Waals surface area contributed by atoms with E-state index in [1.807, 2.05) is 0 Å². The van der Waals surface area contributed by atoms with Gasteiger partial charge in [0.05, 0.1) is 13.7 Å². The van der Waals surface area contributed by atoms with Crippen LogP contribution in [-0.2, 0) is 14.3 Å². The predicted molar refractivity (Wildman–Crippen MR) is 53.9 cm³/mol. The molecule has 0 unspecified atom stereocenters. The van der Waals surface area contributed by atoms with Crippen LogP contribution in [0.15, 0.2) is 5.11 Å². The molecule has 1 aliphatic heterocycles. The van der Waals surface area contributed by atoms with E-state index in [2.05, 4.69) is 14.8 Å². The molecule has 0 aliphatic carbocycles. The first-order valence-electron chi connectivity index (χ1n) is 4.92. The number of carbonyl (C=O) groups is 1. The van der Waals surface area contributed by atoms with Crippen LogP contribution in [0.4, 0.5) is 0 Å². The highest BCUT2D eigenvalue weighted by Crippen LogP contribution is 2.32. The van der Waals surface area contributed by atoms with E-state index in [4.69, 9.17) is 15.4 Å². The molecule has 5 atom stereocenters. The summed E-state index contributed by atoms with van der Waals surface area (Å²) in [7, 11) is 0.957. The fraction of sp³-hybridized carbons (Fsp3) is 0.875. The molecule has 0 saturated carbocycles. The van der Waals surface area contributed by atoms with E-state index in [0.29, 0.717) is 0 Å². The lowest BCUT2D eigenvalue weighted by molar-refractivity contribution is -0.271. The molecule has 0 radical (unpaired) electrons. The van der Waals surface area contributed by atoms with Gasteiger partial charge in [-0.3, -0.25) is 0 Å². The van der Waals surface area contributed by atoms with Crippen LogP contribution >= 0.6 is 0 Å². The van der Waals surface area contributed by atoms with Gasteiger partial charge in [-0.1, -0.05) is 0 Å². The lowest BCUT2D eigenvalue weighted by Gasteiger charge is -2.43. The van der Waals surface area contributed by atoms with E-state index in [1.54, 1.807) is 0 Å². The summed E-state index contributed by atoms with van der Waals surface area (Å²) >= 11 is 0. The molecule has 0 aromatic heterocycles. The third-order valence-electron chi connectivity index (χ3n) is 2.64. The van der Waals surface area contributed by atoms with Crippen molar-refractivity contribution >= 4 is 5.97 Å². The number of methoxy groups -OCH3 is 1. The normalized spacial score (nSPS) is 39.8. The summed E-state index contributed by atoms with van der Waals surface area (Å²) < 4.78 is 9.24. The van der Waals surface area contributed by atoms with Crippen molar-refractivity contribution in [1.29, 1.82) is 0 Å². The van der Waals surface area contributed by atoms with Crippen molar-refractivity contribution in [3.8, 4) is 0 Å². The van der Waals surface area contributed by atoms with Crippen LogP contribution in [0.5, 0.6) is 0 Å². The Morgan fingerprint density at radius 2 is 2.11 bits per heavy atom. The van der Waals surface area contributed by atoms with Crippen LogP contribution in [0.2, 0.25) is 0 Å². The molecule has 4 N–H and O–H groups in total. The summed E-state index contributed by atoms with van der Waals surface area (Å²) in [4.78, 5) is 13.9.